The SMILES string of the molecule is CC(C)CCOCCNC(=O)Nc1cccc(C(=O)O)c1. The minimum atomic E-state index is -1.03. The molecule has 0 saturated heterocycles. The molecule has 1 rings (SSSR count). The Morgan fingerprint density at radius 3 is 2.71 bits per heavy atom. The van der Waals surface area contributed by atoms with Gasteiger partial charge in [0, 0.05) is 18.8 Å². The fourth-order valence-corrected chi connectivity index (χ4v) is 1.56. The second kappa shape index (κ2) is 8.97. The number of nitrogens with one attached hydrogen (secondary N) is 2. The molecule has 6 nitrogen and oxygen atoms in total. The number of ether oxygens (including phenoxy) is 1. The summed E-state index contributed by atoms with van der Waals surface area (Å²) < 4.78 is 5.38. The third-order valence-electron chi connectivity index (χ3n) is 2.74. The molecule has 0 bridgehead atoms. The molecule has 2 amide bonds. The Bertz CT molecular complexity index is 474. The molecular weight excluding hydrogens is 272 g/mol. The van der Waals surface area contributed by atoms with E-state index in [9.17, 15) is 9.59 Å². The van der Waals surface area contributed by atoms with Crippen LogP contribution < -0.4 is 10.6 Å². The van der Waals surface area contributed by atoms with E-state index in [1.54, 1.807) is 12.1 Å². The van der Waals surface area contributed by atoms with Crippen molar-refractivity contribution in [2.75, 3.05) is 25.1 Å². The third-order valence-corrected chi connectivity index (χ3v) is 2.74. The van der Waals surface area contributed by atoms with E-state index >= 15 is 0 Å². The van der Waals surface area contributed by atoms with Gasteiger partial charge in [0.05, 0.1) is 12.2 Å². The van der Waals surface area contributed by atoms with Gasteiger partial charge in [-0.2, -0.15) is 0 Å². The van der Waals surface area contributed by atoms with Crippen LogP contribution >= 0.6 is 0 Å². The highest BCUT2D eigenvalue weighted by molar-refractivity contribution is 5.93. The van der Waals surface area contributed by atoms with Crippen LogP contribution in [-0.2, 0) is 4.74 Å². The Morgan fingerprint density at radius 1 is 1.29 bits per heavy atom. The highest BCUT2D eigenvalue weighted by atomic mass is 16.5. The van der Waals surface area contributed by atoms with Gasteiger partial charge >= 0.3 is 12.0 Å². The predicted octanol–water partition coefficient (Wildman–Crippen LogP) is 2.57. The summed E-state index contributed by atoms with van der Waals surface area (Å²) in [6.07, 6.45) is 0.994. The monoisotopic (exact) mass is 294 g/mol. The summed E-state index contributed by atoms with van der Waals surface area (Å²) in [6, 6.07) is 5.69. The average molecular weight is 294 g/mol. The normalized spacial score (nSPS) is 10.4. The molecule has 0 aliphatic rings. The van der Waals surface area contributed by atoms with Crippen molar-refractivity contribution < 1.29 is 19.4 Å². The van der Waals surface area contributed by atoms with E-state index in [-0.39, 0.29) is 11.6 Å². The van der Waals surface area contributed by atoms with Crippen LogP contribution in [0.2, 0.25) is 0 Å². The molecule has 0 heterocycles. The number of amides is 2. The fourth-order valence-electron chi connectivity index (χ4n) is 1.56. The first-order valence-electron chi connectivity index (χ1n) is 6.95. The Hall–Kier alpha value is -2.08. The van der Waals surface area contributed by atoms with Crippen molar-refractivity contribution in [3.05, 3.63) is 29.8 Å². The van der Waals surface area contributed by atoms with Gasteiger partial charge in [0.15, 0.2) is 0 Å². The Kier molecular flexibility index (Phi) is 7.25. The van der Waals surface area contributed by atoms with Crippen LogP contribution in [0.3, 0.4) is 0 Å². The molecule has 0 aliphatic carbocycles. The number of aromatic carboxylic acids is 1. The van der Waals surface area contributed by atoms with Crippen LogP contribution in [-0.4, -0.2) is 36.9 Å². The first-order chi connectivity index (χ1) is 9.99. The van der Waals surface area contributed by atoms with Gasteiger partial charge in [-0.05, 0) is 30.5 Å². The van der Waals surface area contributed by atoms with Crippen LogP contribution in [0.25, 0.3) is 0 Å². The van der Waals surface area contributed by atoms with Crippen LogP contribution in [0.5, 0.6) is 0 Å². The maximum atomic E-state index is 11.6. The number of hydrogen-bond donors (Lipinski definition) is 3. The number of anilines is 1. The zero-order valence-corrected chi connectivity index (χ0v) is 12.4. The van der Waals surface area contributed by atoms with E-state index in [2.05, 4.69) is 24.5 Å². The number of benzene rings is 1. The number of rotatable bonds is 8. The quantitative estimate of drug-likeness (QED) is 0.643. The van der Waals surface area contributed by atoms with Crippen molar-refractivity contribution >= 4 is 17.7 Å². The summed E-state index contributed by atoms with van der Waals surface area (Å²) >= 11 is 0. The lowest BCUT2D eigenvalue weighted by molar-refractivity contribution is 0.0697. The van der Waals surface area contributed by atoms with E-state index in [4.69, 9.17) is 9.84 Å². The van der Waals surface area contributed by atoms with Crippen molar-refractivity contribution in [3.8, 4) is 0 Å². The van der Waals surface area contributed by atoms with Gasteiger partial charge in [0.1, 0.15) is 0 Å². The number of urea groups is 1. The number of carbonyl (C=O) groups excluding carboxylic acids is 1. The van der Waals surface area contributed by atoms with Crippen LogP contribution in [0.1, 0.15) is 30.6 Å². The molecule has 0 spiro atoms. The largest absolute Gasteiger partial charge is 0.478 e. The summed E-state index contributed by atoms with van der Waals surface area (Å²) in [5.74, 6) is -0.430. The van der Waals surface area contributed by atoms with Crippen LogP contribution in [0.4, 0.5) is 10.5 Å². The van der Waals surface area contributed by atoms with Crippen LogP contribution in [0.15, 0.2) is 24.3 Å². The summed E-state index contributed by atoms with van der Waals surface area (Å²) in [5, 5.41) is 14.1. The molecule has 0 radical (unpaired) electrons. The van der Waals surface area contributed by atoms with Crippen molar-refractivity contribution in [3.63, 3.8) is 0 Å². The van der Waals surface area contributed by atoms with Gasteiger partial charge in [0.2, 0.25) is 0 Å². The standard InChI is InChI=1S/C15H22N2O4/c1-11(2)6-8-21-9-7-16-15(20)17-13-5-3-4-12(10-13)14(18)19/h3-5,10-11H,6-9H2,1-2H3,(H,18,19)(H2,16,17,20). The predicted molar refractivity (Wildman–Crippen MR) is 80.7 cm³/mol. The van der Waals surface area contributed by atoms with E-state index in [0.29, 0.717) is 31.4 Å². The van der Waals surface area contributed by atoms with E-state index in [0.717, 1.165) is 6.42 Å². The van der Waals surface area contributed by atoms with E-state index in [1.165, 1.54) is 12.1 Å². The van der Waals surface area contributed by atoms with Crippen molar-refractivity contribution in [1.29, 1.82) is 0 Å². The van der Waals surface area contributed by atoms with E-state index in [1.807, 2.05) is 0 Å². The minimum absolute atomic E-state index is 0.129. The molecule has 1 aromatic rings. The minimum Gasteiger partial charge on any atom is -0.478 e. The Morgan fingerprint density at radius 2 is 2.05 bits per heavy atom. The lowest BCUT2D eigenvalue weighted by Gasteiger charge is -2.09. The lowest BCUT2D eigenvalue weighted by atomic mass is 10.1. The zero-order chi connectivity index (χ0) is 15.7. The number of hydrogen-bond acceptors (Lipinski definition) is 3. The number of carboxylic acid groups (broad SMARTS) is 1. The molecule has 0 fully saturated rings. The molecule has 0 aliphatic heterocycles. The van der Waals surface area contributed by atoms with Crippen molar-refractivity contribution in [2.24, 2.45) is 5.92 Å². The molecule has 0 aromatic heterocycles. The van der Waals surface area contributed by atoms with Crippen molar-refractivity contribution in [1.82, 2.24) is 5.32 Å². The molecule has 116 valence electrons. The molecule has 0 atom stereocenters. The third kappa shape index (κ3) is 7.31. The van der Waals surface area contributed by atoms with Gasteiger partial charge in [-0.1, -0.05) is 19.9 Å². The molecule has 0 unspecified atom stereocenters. The van der Waals surface area contributed by atoms with Crippen molar-refractivity contribution in [2.45, 2.75) is 20.3 Å². The molecule has 0 saturated carbocycles. The number of carbonyl (C=O) groups is 2. The maximum Gasteiger partial charge on any atom is 0.335 e. The van der Waals surface area contributed by atoms with Gasteiger partial charge in [-0.25, -0.2) is 9.59 Å². The summed E-state index contributed by atoms with van der Waals surface area (Å²) in [5.41, 5.74) is 0.568. The average Bonchev–Trinajstić information content (AvgIpc) is 2.42. The highest BCUT2D eigenvalue weighted by Gasteiger charge is 2.05. The van der Waals surface area contributed by atoms with Gasteiger partial charge in [-0.3, -0.25) is 0 Å². The molecule has 6 heteroatoms. The number of carboxylic acids is 1. The smallest absolute Gasteiger partial charge is 0.335 e. The molecule has 1 aromatic carbocycles. The first kappa shape index (κ1) is 17.0. The second-order valence-electron chi connectivity index (χ2n) is 5.06. The summed E-state index contributed by atoms with van der Waals surface area (Å²) in [7, 11) is 0. The van der Waals surface area contributed by atoms with Crippen LogP contribution in [0, 0.1) is 5.92 Å². The van der Waals surface area contributed by atoms with Gasteiger partial charge in [-0.15, -0.1) is 0 Å². The maximum absolute atomic E-state index is 11.6. The Labute approximate surface area is 124 Å². The zero-order valence-electron chi connectivity index (χ0n) is 12.4. The fraction of sp³-hybridized carbons (Fsp3) is 0.467. The topological polar surface area (TPSA) is 87.7 Å². The summed E-state index contributed by atoms with van der Waals surface area (Å²) in [4.78, 5) is 22.4. The van der Waals surface area contributed by atoms with Gasteiger partial charge in [0.25, 0.3) is 0 Å². The lowest BCUT2D eigenvalue weighted by Crippen LogP contribution is -2.31. The van der Waals surface area contributed by atoms with E-state index < -0.39 is 5.97 Å². The Balaban J connectivity index is 2.24. The first-order valence-corrected chi connectivity index (χ1v) is 6.95. The highest BCUT2D eigenvalue weighted by Crippen LogP contribution is 2.10. The molecule has 21 heavy (non-hydrogen) atoms. The van der Waals surface area contributed by atoms with Gasteiger partial charge < -0.3 is 20.5 Å². The molecular formula is C15H22N2O4. The molecule has 3 N–H and O–H groups in total. The summed E-state index contributed by atoms with van der Waals surface area (Å²) in [6.45, 7) is 5.79. The second-order valence-corrected chi connectivity index (χ2v) is 5.06.